The number of rotatable bonds is 2. The molecule has 0 spiro atoms. The normalized spacial score (nSPS) is 25.4. The number of hydrogen-bond donors (Lipinski definition) is 1. The van der Waals surface area contributed by atoms with Gasteiger partial charge in [0.25, 0.3) is 0 Å². The Morgan fingerprint density at radius 2 is 1.83 bits per heavy atom. The Morgan fingerprint density at radius 3 is 2.33 bits per heavy atom. The zero-order chi connectivity index (χ0) is 13.3. The average molecular weight is 248 g/mol. The van der Waals surface area contributed by atoms with E-state index in [9.17, 15) is 0 Å². The molecule has 3 nitrogen and oxygen atoms in total. The Hall–Kier alpha value is -1.06. The summed E-state index contributed by atoms with van der Waals surface area (Å²) in [6, 6.07) is 8.83. The summed E-state index contributed by atoms with van der Waals surface area (Å²) in [4.78, 5) is 2.50. The van der Waals surface area contributed by atoms with Gasteiger partial charge in [0, 0.05) is 18.1 Å². The van der Waals surface area contributed by atoms with Gasteiger partial charge < -0.3 is 10.5 Å². The summed E-state index contributed by atoms with van der Waals surface area (Å²) in [6.07, 6.45) is 1.06. The molecule has 1 aromatic carbocycles. The summed E-state index contributed by atoms with van der Waals surface area (Å²) >= 11 is 0. The smallest absolute Gasteiger partial charge is 0.118 e. The lowest BCUT2D eigenvalue weighted by Crippen LogP contribution is -2.43. The molecule has 3 heteroatoms. The van der Waals surface area contributed by atoms with Crippen LogP contribution in [0.15, 0.2) is 24.3 Å². The number of nitrogens with zero attached hydrogens (tertiary/aromatic N) is 1. The fourth-order valence-electron chi connectivity index (χ4n) is 2.80. The van der Waals surface area contributed by atoms with Gasteiger partial charge in [-0.15, -0.1) is 0 Å². The monoisotopic (exact) mass is 248 g/mol. The fraction of sp³-hybridized carbons (Fsp3) is 0.600. The molecule has 2 rings (SSSR count). The lowest BCUT2D eigenvalue weighted by molar-refractivity contribution is 0.117. The van der Waals surface area contributed by atoms with Crippen LogP contribution in [0.5, 0.6) is 5.75 Å². The molecule has 0 radical (unpaired) electrons. The van der Waals surface area contributed by atoms with Gasteiger partial charge in [0.2, 0.25) is 0 Å². The van der Waals surface area contributed by atoms with Crippen LogP contribution in [0.25, 0.3) is 0 Å². The lowest BCUT2D eigenvalue weighted by Gasteiger charge is -2.38. The molecule has 1 heterocycles. The molecule has 1 aromatic rings. The molecule has 0 saturated carbocycles. The van der Waals surface area contributed by atoms with E-state index < -0.39 is 0 Å². The van der Waals surface area contributed by atoms with E-state index in [1.165, 1.54) is 5.56 Å². The maximum atomic E-state index is 6.30. The van der Waals surface area contributed by atoms with E-state index in [0.29, 0.717) is 6.04 Å². The highest BCUT2D eigenvalue weighted by atomic mass is 16.5. The van der Waals surface area contributed by atoms with Crippen molar-refractivity contribution in [3.63, 3.8) is 0 Å². The van der Waals surface area contributed by atoms with Gasteiger partial charge in [-0.1, -0.05) is 12.1 Å². The molecule has 100 valence electrons. The molecule has 2 atom stereocenters. The third-order valence-electron chi connectivity index (χ3n) is 3.76. The van der Waals surface area contributed by atoms with E-state index >= 15 is 0 Å². The van der Waals surface area contributed by atoms with Gasteiger partial charge in [0.15, 0.2) is 0 Å². The Balaban J connectivity index is 2.28. The first-order chi connectivity index (χ1) is 8.43. The van der Waals surface area contributed by atoms with Crippen LogP contribution in [-0.4, -0.2) is 30.1 Å². The van der Waals surface area contributed by atoms with E-state index in [-0.39, 0.29) is 11.6 Å². The van der Waals surface area contributed by atoms with Gasteiger partial charge >= 0.3 is 0 Å². The van der Waals surface area contributed by atoms with Crippen LogP contribution in [0.2, 0.25) is 0 Å². The van der Waals surface area contributed by atoms with Crippen LogP contribution in [-0.2, 0) is 0 Å². The molecule has 2 N–H and O–H groups in total. The van der Waals surface area contributed by atoms with Crippen LogP contribution in [0.4, 0.5) is 0 Å². The van der Waals surface area contributed by atoms with Gasteiger partial charge in [-0.25, -0.2) is 0 Å². The van der Waals surface area contributed by atoms with Crippen molar-refractivity contribution >= 4 is 0 Å². The molecular formula is C15H24N2O. The highest BCUT2D eigenvalue weighted by Crippen LogP contribution is 2.36. The Kier molecular flexibility index (Phi) is 3.64. The van der Waals surface area contributed by atoms with Crippen molar-refractivity contribution in [1.29, 1.82) is 0 Å². The number of nitrogens with two attached hydrogens (primary N) is 1. The fourth-order valence-corrected chi connectivity index (χ4v) is 2.80. The second-order valence-electron chi connectivity index (χ2n) is 6.03. The number of benzene rings is 1. The van der Waals surface area contributed by atoms with Crippen LogP contribution in [0.1, 0.15) is 38.8 Å². The number of ether oxygens (including phenoxy) is 1. The predicted molar refractivity (Wildman–Crippen MR) is 74.8 cm³/mol. The Morgan fingerprint density at radius 1 is 1.22 bits per heavy atom. The highest BCUT2D eigenvalue weighted by molar-refractivity contribution is 5.31. The first-order valence-electron chi connectivity index (χ1n) is 6.60. The maximum Gasteiger partial charge on any atom is 0.118 e. The van der Waals surface area contributed by atoms with Crippen molar-refractivity contribution in [3.05, 3.63) is 29.8 Å². The number of likely N-dealkylation sites (tertiary alicyclic amines) is 1. The molecule has 1 fully saturated rings. The first-order valence-corrected chi connectivity index (χ1v) is 6.60. The van der Waals surface area contributed by atoms with Gasteiger partial charge in [0.1, 0.15) is 5.75 Å². The van der Waals surface area contributed by atoms with E-state index in [2.05, 4.69) is 37.8 Å². The maximum absolute atomic E-state index is 6.30. The average Bonchev–Trinajstić information content (AvgIpc) is 2.71. The molecule has 18 heavy (non-hydrogen) atoms. The largest absolute Gasteiger partial charge is 0.497 e. The Bertz CT molecular complexity index is 394. The second kappa shape index (κ2) is 4.90. The molecular weight excluding hydrogens is 224 g/mol. The lowest BCUT2D eigenvalue weighted by atomic mass is 9.97. The summed E-state index contributed by atoms with van der Waals surface area (Å²) in [6.45, 7) is 7.83. The summed E-state index contributed by atoms with van der Waals surface area (Å²) in [5.74, 6) is 0.896. The molecule has 0 aliphatic carbocycles. The standard InChI is InChI=1S/C15H24N2O/c1-15(2,3)17-10-9-13(16)14(17)11-5-7-12(18-4)8-6-11/h5-8,13-14H,9-10,16H2,1-4H3. The van der Waals surface area contributed by atoms with Crippen LogP contribution < -0.4 is 10.5 Å². The van der Waals surface area contributed by atoms with Crippen molar-refractivity contribution in [2.75, 3.05) is 13.7 Å². The van der Waals surface area contributed by atoms with Crippen molar-refractivity contribution in [3.8, 4) is 5.75 Å². The van der Waals surface area contributed by atoms with Crippen LogP contribution in [0, 0.1) is 0 Å². The second-order valence-corrected chi connectivity index (χ2v) is 6.03. The first kappa shape index (κ1) is 13.4. The number of hydrogen-bond acceptors (Lipinski definition) is 3. The Labute approximate surface area is 110 Å². The van der Waals surface area contributed by atoms with Gasteiger partial charge in [-0.05, 0) is 44.9 Å². The zero-order valence-corrected chi connectivity index (χ0v) is 11.8. The minimum Gasteiger partial charge on any atom is -0.497 e. The molecule has 1 saturated heterocycles. The number of methoxy groups -OCH3 is 1. The SMILES string of the molecule is COc1ccc(C2C(N)CCN2C(C)(C)C)cc1. The van der Waals surface area contributed by atoms with Crippen molar-refractivity contribution in [2.45, 2.75) is 44.8 Å². The van der Waals surface area contributed by atoms with Crippen molar-refractivity contribution < 1.29 is 4.74 Å². The van der Waals surface area contributed by atoms with Crippen LogP contribution >= 0.6 is 0 Å². The summed E-state index contributed by atoms with van der Waals surface area (Å²) in [5.41, 5.74) is 7.73. The molecule has 1 aliphatic heterocycles. The van der Waals surface area contributed by atoms with Crippen LogP contribution in [0.3, 0.4) is 0 Å². The third kappa shape index (κ3) is 2.52. The summed E-state index contributed by atoms with van der Waals surface area (Å²) in [5, 5.41) is 0. The zero-order valence-electron chi connectivity index (χ0n) is 11.8. The molecule has 0 amide bonds. The van der Waals surface area contributed by atoms with Gasteiger partial charge in [-0.2, -0.15) is 0 Å². The predicted octanol–water partition coefficient (Wildman–Crippen LogP) is 2.57. The quantitative estimate of drug-likeness (QED) is 0.874. The van der Waals surface area contributed by atoms with E-state index in [0.717, 1.165) is 18.7 Å². The van der Waals surface area contributed by atoms with Gasteiger partial charge in [-0.3, -0.25) is 4.90 Å². The van der Waals surface area contributed by atoms with E-state index in [4.69, 9.17) is 10.5 Å². The third-order valence-corrected chi connectivity index (χ3v) is 3.76. The van der Waals surface area contributed by atoms with E-state index in [1.54, 1.807) is 7.11 Å². The summed E-state index contributed by atoms with van der Waals surface area (Å²) in [7, 11) is 1.69. The topological polar surface area (TPSA) is 38.5 Å². The molecule has 0 bridgehead atoms. The minimum absolute atomic E-state index is 0.152. The highest BCUT2D eigenvalue weighted by Gasteiger charge is 2.38. The van der Waals surface area contributed by atoms with Crippen molar-refractivity contribution in [2.24, 2.45) is 5.73 Å². The van der Waals surface area contributed by atoms with Crippen molar-refractivity contribution in [1.82, 2.24) is 4.90 Å². The van der Waals surface area contributed by atoms with Gasteiger partial charge in [0.05, 0.1) is 13.2 Å². The molecule has 2 unspecified atom stereocenters. The molecule has 1 aliphatic rings. The summed E-state index contributed by atoms with van der Waals surface area (Å²) < 4.78 is 5.21. The van der Waals surface area contributed by atoms with E-state index in [1.807, 2.05) is 12.1 Å². The minimum atomic E-state index is 0.152. The molecule has 0 aromatic heterocycles.